The average Bonchev–Trinajstić information content (AvgIpc) is 2.72. The molecule has 2 aromatic carbocycles. The number of anilines is 2. The van der Waals surface area contributed by atoms with Crippen molar-refractivity contribution in [3.8, 4) is 0 Å². The number of hydrogen-bond donors (Lipinski definition) is 2. The SMILES string of the molecule is COCCNC(=O)c1ccccc1NC(=O)CN(c1cc([N+](=O)[O-])ccc1C)S(C)(=O)=O. The zero-order valence-corrected chi connectivity index (χ0v) is 18.6. The van der Waals surface area contributed by atoms with Gasteiger partial charge in [-0.25, -0.2) is 8.42 Å². The zero-order chi connectivity index (χ0) is 23.9. The van der Waals surface area contributed by atoms with Gasteiger partial charge in [0, 0.05) is 25.8 Å². The molecular formula is C20H24N4O7S. The minimum atomic E-state index is -3.95. The summed E-state index contributed by atoms with van der Waals surface area (Å²) in [5.41, 5.74) is 0.526. The molecule has 0 aliphatic carbocycles. The van der Waals surface area contributed by atoms with E-state index in [0.717, 1.165) is 16.6 Å². The third-order valence-corrected chi connectivity index (χ3v) is 5.52. The van der Waals surface area contributed by atoms with E-state index in [1.807, 2.05) is 0 Å². The van der Waals surface area contributed by atoms with E-state index in [0.29, 0.717) is 12.2 Å². The first-order valence-electron chi connectivity index (χ1n) is 9.43. The monoisotopic (exact) mass is 464 g/mol. The van der Waals surface area contributed by atoms with E-state index in [1.165, 1.54) is 31.4 Å². The molecule has 2 amide bonds. The van der Waals surface area contributed by atoms with Crippen LogP contribution < -0.4 is 14.9 Å². The summed E-state index contributed by atoms with van der Waals surface area (Å²) >= 11 is 0. The second kappa shape index (κ2) is 10.7. The third-order valence-electron chi connectivity index (χ3n) is 4.40. The van der Waals surface area contributed by atoms with Crippen LogP contribution in [0.4, 0.5) is 17.1 Å². The number of benzene rings is 2. The van der Waals surface area contributed by atoms with Crippen LogP contribution in [-0.4, -0.2) is 58.2 Å². The molecule has 0 aromatic heterocycles. The van der Waals surface area contributed by atoms with Gasteiger partial charge in [0.2, 0.25) is 15.9 Å². The molecule has 0 aliphatic rings. The van der Waals surface area contributed by atoms with E-state index >= 15 is 0 Å². The number of nitro groups is 1. The van der Waals surface area contributed by atoms with Crippen LogP contribution in [0.2, 0.25) is 0 Å². The highest BCUT2D eigenvalue weighted by Crippen LogP contribution is 2.27. The van der Waals surface area contributed by atoms with Crippen LogP contribution in [0.1, 0.15) is 15.9 Å². The number of methoxy groups -OCH3 is 1. The number of nitrogens with zero attached hydrogens (tertiary/aromatic N) is 2. The Balaban J connectivity index is 2.28. The minimum absolute atomic E-state index is 0.0162. The van der Waals surface area contributed by atoms with E-state index in [4.69, 9.17) is 4.74 Å². The number of para-hydroxylation sites is 1. The fourth-order valence-corrected chi connectivity index (χ4v) is 3.74. The van der Waals surface area contributed by atoms with Gasteiger partial charge in [-0.1, -0.05) is 18.2 Å². The highest BCUT2D eigenvalue weighted by atomic mass is 32.2. The van der Waals surface area contributed by atoms with Gasteiger partial charge in [-0.05, 0) is 24.6 Å². The lowest BCUT2D eigenvalue weighted by Gasteiger charge is -2.23. The van der Waals surface area contributed by atoms with Crippen molar-refractivity contribution in [2.45, 2.75) is 6.92 Å². The lowest BCUT2D eigenvalue weighted by Crippen LogP contribution is -2.38. The fraction of sp³-hybridized carbons (Fsp3) is 0.300. The summed E-state index contributed by atoms with van der Waals surface area (Å²) in [6.45, 7) is 1.52. The summed E-state index contributed by atoms with van der Waals surface area (Å²) in [7, 11) is -2.46. The summed E-state index contributed by atoms with van der Waals surface area (Å²) < 4.78 is 30.4. The van der Waals surface area contributed by atoms with Gasteiger partial charge in [0.05, 0.1) is 34.7 Å². The Hall–Kier alpha value is -3.51. The molecule has 0 spiro atoms. The molecule has 0 atom stereocenters. The smallest absolute Gasteiger partial charge is 0.271 e. The van der Waals surface area contributed by atoms with Gasteiger partial charge < -0.3 is 15.4 Å². The minimum Gasteiger partial charge on any atom is -0.383 e. The van der Waals surface area contributed by atoms with Crippen molar-refractivity contribution in [1.29, 1.82) is 0 Å². The first-order valence-corrected chi connectivity index (χ1v) is 11.3. The predicted molar refractivity (Wildman–Crippen MR) is 119 cm³/mol. The first-order chi connectivity index (χ1) is 15.0. The Bertz CT molecular complexity index is 1120. The van der Waals surface area contributed by atoms with Crippen LogP contribution in [0.25, 0.3) is 0 Å². The van der Waals surface area contributed by atoms with Gasteiger partial charge in [-0.15, -0.1) is 0 Å². The molecule has 172 valence electrons. The predicted octanol–water partition coefficient (Wildman–Crippen LogP) is 1.68. The number of nitrogens with one attached hydrogen (secondary N) is 2. The first kappa shape index (κ1) is 24.8. The van der Waals surface area contributed by atoms with Gasteiger partial charge >= 0.3 is 0 Å². The van der Waals surface area contributed by atoms with E-state index in [9.17, 15) is 28.1 Å². The third kappa shape index (κ3) is 6.49. The number of carbonyl (C=O) groups is 2. The molecule has 0 unspecified atom stereocenters. The maximum absolute atomic E-state index is 12.7. The molecule has 0 saturated heterocycles. The summed E-state index contributed by atoms with van der Waals surface area (Å²) in [6, 6.07) is 10.0. The number of rotatable bonds is 10. The summed E-state index contributed by atoms with van der Waals surface area (Å²) in [5.74, 6) is -1.16. The molecule has 0 bridgehead atoms. The number of carbonyl (C=O) groups excluding carboxylic acids is 2. The molecular weight excluding hydrogens is 440 g/mol. The molecule has 0 fully saturated rings. The molecule has 0 heterocycles. The Morgan fingerprint density at radius 1 is 1.19 bits per heavy atom. The molecule has 2 N–H and O–H groups in total. The van der Waals surface area contributed by atoms with E-state index in [2.05, 4.69) is 10.6 Å². The Morgan fingerprint density at radius 3 is 2.50 bits per heavy atom. The van der Waals surface area contributed by atoms with Crippen LogP contribution in [-0.2, 0) is 19.6 Å². The number of aryl methyl sites for hydroxylation is 1. The van der Waals surface area contributed by atoms with Crippen LogP contribution in [0.3, 0.4) is 0 Å². The van der Waals surface area contributed by atoms with Crippen molar-refractivity contribution in [1.82, 2.24) is 5.32 Å². The largest absolute Gasteiger partial charge is 0.383 e. The van der Waals surface area contributed by atoms with Gasteiger partial charge in [0.15, 0.2) is 0 Å². The highest BCUT2D eigenvalue weighted by molar-refractivity contribution is 7.92. The number of nitro benzene ring substituents is 1. The molecule has 2 aromatic rings. The number of sulfonamides is 1. The van der Waals surface area contributed by atoms with Crippen molar-refractivity contribution in [3.63, 3.8) is 0 Å². The Morgan fingerprint density at radius 2 is 1.88 bits per heavy atom. The summed E-state index contributed by atoms with van der Waals surface area (Å²) in [5, 5.41) is 16.3. The number of non-ortho nitro benzene ring substituents is 1. The zero-order valence-electron chi connectivity index (χ0n) is 17.8. The van der Waals surface area contributed by atoms with Crippen molar-refractivity contribution < 1.29 is 27.7 Å². The number of hydrogen-bond acceptors (Lipinski definition) is 7. The van der Waals surface area contributed by atoms with Crippen molar-refractivity contribution in [3.05, 3.63) is 63.7 Å². The van der Waals surface area contributed by atoms with Gasteiger partial charge in [-0.3, -0.25) is 24.0 Å². The molecule has 12 heteroatoms. The van der Waals surface area contributed by atoms with Crippen LogP contribution in [0, 0.1) is 17.0 Å². The maximum atomic E-state index is 12.7. The lowest BCUT2D eigenvalue weighted by molar-refractivity contribution is -0.384. The van der Waals surface area contributed by atoms with E-state index < -0.39 is 33.3 Å². The fourth-order valence-electron chi connectivity index (χ4n) is 2.83. The summed E-state index contributed by atoms with van der Waals surface area (Å²) in [6.07, 6.45) is 0.899. The van der Waals surface area contributed by atoms with Crippen LogP contribution in [0.5, 0.6) is 0 Å². The van der Waals surface area contributed by atoms with Crippen LogP contribution >= 0.6 is 0 Å². The standard InChI is InChI=1S/C20H24N4O7S/c1-14-8-9-15(24(27)28)12-18(14)23(32(3,29)30)13-19(25)22-17-7-5-4-6-16(17)20(26)21-10-11-31-2/h4-9,12H,10-11,13H2,1-3H3,(H,21,26)(H,22,25). The van der Waals surface area contributed by atoms with Gasteiger partial charge in [0.1, 0.15) is 6.54 Å². The summed E-state index contributed by atoms with van der Waals surface area (Å²) in [4.78, 5) is 35.5. The normalized spacial score (nSPS) is 11.0. The second-order valence-electron chi connectivity index (χ2n) is 6.84. The molecule has 0 radical (unpaired) electrons. The maximum Gasteiger partial charge on any atom is 0.271 e. The molecule has 0 saturated carbocycles. The van der Waals surface area contributed by atoms with Gasteiger partial charge in [0.25, 0.3) is 11.6 Å². The van der Waals surface area contributed by atoms with Gasteiger partial charge in [-0.2, -0.15) is 0 Å². The van der Waals surface area contributed by atoms with Crippen LogP contribution in [0.15, 0.2) is 42.5 Å². The topological polar surface area (TPSA) is 148 Å². The second-order valence-corrected chi connectivity index (χ2v) is 8.75. The van der Waals surface area contributed by atoms with E-state index in [1.54, 1.807) is 19.1 Å². The molecule has 2 rings (SSSR count). The quantitative estimate of drug-likeness (QED) is 0.309. The number of ether oxygens (including phenoxy) is 1. The number of amides is 2. The Kier molecular flexibility index (Phi) is 8.27. The highest BCUT2D eigenvalue weighted by Gasteiger charge is 2.25. The van der Waals surface area contributed by atoms with Crippen molar-refractivity contribution in [2.75, 3.05) is 42.7 Å². The van der Waals surface area contributed by atoms with E-state index in [-0.39, 0.29) is 29.2 Å². The average molecular weight is 465 g/mol. The van der Waals surface area contributed by atoms with Crippen molar-refractivity contribution >= 4 is 38.9 Å². The van der Waals surface area contributed by atoms with Crippen molar-refractivity contribution in [2.24, 2.45) is 0 Å². The Labute approximate surface area is 185 Å². The molecule has 11 nitrogen and oxygen atoms in total. The lowest BCUT2D eigenvalue weighted by atomic mass is 10.1. The molecule has 0 aliphatic heterocycles. The molecule has 32 heavy (non-hydrogen) atoms.